The molecule has 0 aliphatic carbocycles. The van der Waals surface area contributed by atoms with Gasteiger partial charge in [0.2, 0.25) is 0 Å². The Morgan fingerprint density at radius 1 is 0.525 bits per heavy atom. The summed E-state index contributed by atoms with van der Waals surface area (Å²) in [6, 6.07) is 0. The molecule has 59 heavy (non-hydrogen) atoms. The van der Waals surface area contributed by atoms with Crippen molar-refractivity contribution in [1.29, 1.82) is 0 Å². The summed E-state index contributed by atoms with van der Waals surface area (Å²) in [5.74, 6) is -0.844. The summed E-state index contributed by atoms with van der Waals surface area (Å²) in [6.45, 7) is 4.20. The van der Waals surface area contributed by atoms with Gasteiger partial charge < -0.3 is 27.9 Å². The van der Waals surface area contributed by atoms with Gasteiger partial charge in [-0.2, -0.15) is 0 Å². The molecule has 0 bridgehead atoms. The zero-order valence-electron chi connectivity index (χ0n) is 39.0. The molecule has 0 aromatic rings. The first-order valence-corrected chi connectivity index (χ1v) is 25.7. The molecule has 0 rings (SSSR count). The Kier molecular flexibility index (Phi) is 40.3. The van der Waals surface area contributed by atoms with Crippen molar-refractivity contribution < 1.29 is 42.1 Å². The highest BCUT2D eigenvalue weighted by atomic mass is 31.2. The van der Waals surface area contributed by atoms with E-state index in [9.17, 15) is 19.0 Å². The molecule has 0 radical (unpaired) electrons. The quantitative estimate of drug-likeness (QED) is 0.0196. The normalized spacial score (nSPS) is 13.8. The average Bonchev–Trinajstić information content (AvgIpc) is 3.19. The fraction of sp³-hybridized carbons (Fsp3) is 0.837. The zero-order valence-corrected chi connectivity index (χ0v) is 39.8. The first-order chi connectivity index (χ1) is 28.5. The Hall–Kier alpha value is -1.77. The third kappa shape index (κ3) is 45.6. The highest BCUT2D eigenvalue weighted by Gasteiger charge is 2.21. The molecule has 10 heteroatoms. The van der Waals surface area contributed by atoms with Gasteiger partial charge in [0.25, 0.3) is 7.82 Å². The summed E-state index contributed by atoms with van der Waals surface area (Å²) in [7, 11) is 1.16. The number of nitrogens with zero attached hydrogens (tertiary/aromatic N) is 1. The number of ether oxygens (including phenoxy) is 2. The molecule has 0 saturated heterocycles. The van der Waals surface area contributed by atoms with Crippen LogP contribution < -0.4 is 4.89 Å². The third-order valence-electron chi connectivity index (χ3n) is 10.4. The fourth-order valence-corrected chi connectivity index (χ4v) is 7.29. The molecule has 0 fully saturated rings. The number of carbonyl (C=O) groups excluding carboxylic acids is 2. The van der Waals surface area contributed by atoms with E-state index in [1.54, 1.807) is 0 Å². The Balaban J connectivity index is 4.31. The van der Waals surface area contributed by atoms with Gasteiger partial charge in [-0.15, -0.1) is 0 Å². The zero-order chi connectivity index (χ0) is 43.6. The van der Waals surface area contributed by atoms with Crippen LogP contribution in [0.15, 0.2) is 36.5 Å². The monoisotopic (exact) mass is 854 g/mol. The number of quaternary nitrogens is 1. The maximum absolute atomic E-state index is 12.7. The van der Waals surface area contributed by atoms with E-state index < -0.39 is 32.5 Å². The molecular formula is C49H92NO8P. The molecule has 0 N–H and O–H groups in total. The number of rotatable bonds is 44. The molecule has 0 aliphatic rings. The van der Waals surface area contributed by atoms with Gasteiger partial charge in [0.15, 0.2) is 6.10 Å². The Bertz CT molecular complexity index is 1100. The van der Waals surface area contributed by atoms with Gasteiger partial charge in [0, 0.05) is 12.8 Å². The first kappa shape index (κ1) is 57.2. The second kappa shape index (κ2) is 41.6. The van der Waals surface area contributed by atoms with Crippen molar-refractivity contribution in [2.24, 2.45) is 0 Å². The molecule has 346 valence electrons. The van der Waals surface area contributed by atoms with E-state index in [-0.39, 0.29) is 26.1 Å². The smallest absolute Gasteiger partial charge is 0.306 e. The molecule has 0 aromatic carbocycles. The number of hydrogen-bond acceptors (Lipinski definition) is 8. The summed E-state index contributed by atoms with van der Waals surface area (Å²) < 4.78 is 34.0. The van der Waals surface area contributed by atoms with E-state index in [1.165, 1.54) is 109 Å². The Labute approximate surface area is 363 Å². The summed E-state index contributed by atoms with van der Waals surface area (Å²) in [6.07, 6.45) is 47.3. The van der Waals surface area contributed by atoms with Gasteiger partial charge in [-0.25, -0.2) is 0 Å². The number of hydrogen-bond donors (Lipinski definition) is 0. The Morgan fingerprint density at radius 2 is 0.915 bits per heavy atom. The molecule has 0 aromatic heterocycles. The van der Waals surface area contributed by atoms with Crippen LogP contribution in [0.5, 0.6) is 0 Å². The van der Waals surface area contributed by atoms with Gasteiger partial charge in [-0.3, -0.25) is 14.2 Å². The second-order valence-electron chi connectivity index (χ2n) is 17.5. The van der Waals surface area contributed by atoms with Gasteiger partial charge >= 0.3 is 11.9 Å². The molecule has 0 spiro atoms. The lowest BCUT2D eigenvalue weighted by molar-refractivity contribution is -0.870. The van der Waals surface area contributed by atoms with Crippen molar-refractivity contribution in [3.63, 3.8) is 0 Å². The lowest BCUT2D eigenvalue weighted by atomic mass is 10.1. The van der Waals surface area contributed by atoms with Gasteiger partial charge in [-0.1, -0.05) is 166 Å². The van der Waals surface area contributed by atoms with Crippen molar-refractivity contribution in [2.45, 2.75) is 219 Å². The van der Waals surface area contributed by atoms with Crippen LogP contribution in [0.25, 0.3) is 0 Å². The number of likely N-dealkylation sites (N-methyl/N-ethyl adjacent to an activating group) is 1. The predicted octanol–water partition coefficient (Wildman–Crippen LogP) is 13.5. The van der Waals surface area contributed by atoms with Gasteiger partial charge in [0.1, 0.15) is 19.8 Å². The fourth-order valence-electron chi connectivity index (χ4n) is 6.56. The molecule has 1 unspecified atom stereocenters. The van der Waals surface area contributed by atoms with Gasteiger partial charge in [0.05, 0.1) is 27.7 Å². The minimum absolute atomic E-state index is 0.0328. The molecule has 2 atom stereocenters. The molecule has 0 saturated carbocycles. The van der Waals surface area contributed by atoms with Crippen LogP contribution in [0.4, 0.5) is 0 Å². The molecule has 0 heterocycles. The van der Waals surface area contributed by atoms with Crippen molar-refractivity contribution in [3.8, 4) is 0 Å². The van der Waals surface area contributed by atoms with Crippen LogP contribution in [0, 0.1) is 0 Å². The first-order valence-electron chi connectivity index (χ1n) is 24.2. The summed E-state index contributed by atoms with van der Waals surface area (Å²) in [4.78, 5) is 37.6. The van der Waals surface area contributed by atoms with E-state index >= 15 is 0 Å². The maximum atomic E-state index is 12.7. The third-order valence-corrected chi connectivity index (χ3v) is 11.3. The minimum atomic E-state index is -4.63. The number of phosphoric ester groups is 1. The van der Waals surface area contributed by atoms with Crippen LogP contribution in [0.1, 0.15) is 213 Å². The second-order valence-corrected chi connectivity index (χ2v) is 18.9. The highest BCUT2D eigenvalue weighted by Crippen LogP contribution is 2.38. The van der Waals surface area contributed by atoms with E-state index in [0.717, 1.165) is 70.6 Å². The van der Waals surface area contributed by atoms with E-state index in [4.69, 9.17) is 18.5 Å². The molecule has 0 aliphatic heterocycles. The van der Waals surface area contributed by atoms with Gasteiger partial charge in [-0.05, 0) is 70.6 Å². The summed E-state index contributed by atoms with van der Waals surface area (Å²) >= 11 is 0. The van der Waals surface area contributed by atoms with Crippen molar-refractivity contribution in [2.75, 3.05) is 47.5 Å². The lowest BCUT2D eigenvalue weighted by Gasteiger charge is -2.28. The summed E-state index contributed by atoms with van der Waals surface area (Å²) in [5, 5.41) is 0. The average molecular weight is 854 g/mol. The van der Waals surface area contributed by atoms with Crippen LogP contribution in [-0.4, -0.2) is 70.0 Å². The number of phosphoric acid groups is 1. The van der Waals surface area contributed by atoms with Crippen LogP contribution in [-0.2, 0) is 32.7 Å². The number of unbranched alkanes of at least 4 members (excludes halogenated alkanes) is 24. The van der Waals surface area contributed by atoms with Crippen molar-refractivity contribution in [1.82, 2.24) is 0 Å². The van der Waals surface area contributed by atoms with Crippen molar-refractivity contribution in [3.05, 3.63) is 36.5 Å². The van der Waals surface area contributed by atoms with E-state index in [1.807, 2.05) is 21.1 Å². The SMILES string of the molecule is CCCCC/C=C\C/C=C\CCCCCCCCCCCC(=O)O[C@H](COC(=O)CCCCCCC/C=C\CCCCCCCCC)COP(=O)([O-])OCC[N+](C)(C)C. The Morgan fingerprint density at radius 3 is 1.39 bits per heavy atom. The number of carbonyl (C=O) groups is 2. The lowest BCUT2D eigenvalue weighted by Crippen LogP contribution is -2.37. The van der Waals surface area contributed by atoms with Crippen LogP contribution >= 0.6 is 7.82 Å². The number of allylic oxidation sites excluding steroid dienone is 6. The molecule has 0 amide bonds. The molecule has 9 nitrogen and oxygen atoms in total. The number of esters is 2. The van der Waals surface area contributed by atoms with Crippen molar-refractivity contribution >= 4 is 19.8 Å². The largest absolute Gasteiger partial charge is 0.756 e. The highest BCUT2D eigenvalue weighted by molar-refractivity contribution is 7.45. The minimum Gasteiger partial charge on any atom is -0.756 e. The standard InChI is InChI=1S/C49H92NO8P/c1-6-8-10-12-14-16-18-20-22-24-25-26-28-30-32-34-36-38-40-42-49(52)58-47(46-57-59(53,54)56-44-43-50(3,4)5)45-55-48(51)41-39-37-35-33-31-29-27-23-21-19-17-15-13-11-9-7-2/h14,16,20,22-23,27,47H,6-13,15,17-19,21,24-26,28-46H2,1-5H3/b16-14-,22-20-,27-23-/t47-/m1/s1. The molecular weight excluding hydrogens is 762 g/mol. The maximum Gasteiger partial charge on any atom is 0.306 e. The summed E-state index contributed by atoms with van der Waals surface area (Å²) in [5.41, 5.74) is 0. The van der Waals surface area contributed by atoms with Crippen LogP contribution in [0.2, 0.25) is 0 Å². The van der Waals surface area contributed by atoms with E-state index in [0.29, 0.717) is 17.4 Å². The van der Waals surface area contributed by atoms with Crippen LogP contribution in [0.3, 0.4) is 0 Å². The van der Waals surface area contributed by atoms with E-state index in [2.05, 4.69) is 50.3 Å². The topological polar surface area (TPSA) is 111 Å². The predicted molar refractivity (Wildman–Crippen MR) is 245 cm³/mol.